The Hall–Kier alpha value is -0.860. The van der Waals surface area contributed by atoms with Gasteiger partial charge >= 0.3 is 11.9 Å². The molecule has 0 bridgehead atoms. The van der Waals surface area contributed by atoms with Crippen LogP contribution in [0.3, 0.4) is 0 Å². The summed E-state index contributed by atoms with van der Waals surface area (Å²) >= 11 is 0. The zero-order chi connectivity index (χ0) is 9.02. The van der Waals surface area contributed by atoms with Crippen LogP contribution in [-0.4, -0.2) is 11.9 Å². The molecule has 64 valence electrons. The van der Waals surface area contributed by atoms with Gasteiger partial charge in [-0.2, -0.15) is 0 Å². The molecule has 3 nitrogen and oxygen atoms in total. The van der Waals surface area contributed by atoms with Crippen LogP contribution >= 0.6 is 0 Å². The van der Waals surface area contributed by atoms with Gasteiger partial charge in [-0.3, -0.25) is 9.59 Å². The highest BCUT2D eigenvalue weighted by Gasteiger charge is 2.19. The first-order valence-electron chi connectivity index (χ1n) is 3.67. The molecule has 0 heterocycles. The van der Waals surface area contributed by atoms with Crippen LogP contribution in [0.2, 0.25) is 0 Å². The smallest absolute Gasteiger partial charge is 0.316 e. The van der Waals surface area contributed by atoms with E-state index in [1.165, 1.54) is 6.92 Å². The Bertz CT molecular complexity index is 161. The SMILES string of the molecule is CC(=O)OC(=O)C(C)C(C)C. The third kappa shape index (κ3) is 3.75. The molecule has 0 aliphatic heterocycles. The molecule has 11 heavy (non-hydrogen) atoms. The van der Waals surface area contributed by atoms with Crippen molar-refractivity contribution in [2.45, 2.75) is 27.7 Å². The van der Waals surface area contributed by atoms with Gasteiger partial charge in [0.2, 0.25) is 0 Å². The van der Waals surface area contributed by atoms with Crippen molar-refractivity contribution in [2.75, 3.05) is 0 Å². The lowest BCUT2D eigenvalue weighted by Gasteiger charge is -2.11. The van der Waals surface area contributed by atoms with Crippen LogP contribution in [0, 0.1) is 11.8 Å². The zero-order valence-corrected chi connectivity index (χ0v) is 7.38. The molecular weight excluding hydrogens is 144 g/mol. The summed E-state index contributed by atoms with van der Waals surface area (Å²) in [7, 11) is 0. The Balaban J connectivity index is 3.93. The second kappa shape index (κ2) is 4.11. The maximum Gasteiger partial charge on any atom is 0.316 e. The number of rotatable bonds is 2. The lowest BCUT2D eigenvalue weighted by Crippen LogP contribution is -2.21. The van der Waals surface area contributed by atoms with Crippen LogP contribution in [0.15, 0.2) is 0 Å². The van der Waals surface area contributed by atoms with E-state index in [9.17, 15) is 9.59 Å². The van der Waals surface area contributed by atoms with Gasteiger partial charge < -0.3 is 4.74 Å². The van der Waals surface area contributed by atoms with Crippen LogP contribution < -0.4 is 0 Å². The standard InChI is InChI=1S/C8H14O3/c1-5(2)6(3)8(10)11-7(4)9/h5-6H,1-4H3. The van der Waals surface area contributed by atoms with Gasteiger partial charge in [0.15, 0.2) is 0 Å². The van der Waals surface area contributed by atoms with Gasteiger partial charge in [-0.1, -0.05) is 20.8 Å². The predicted octanol–water partition coefficient (Wildman–Crippen LogP) is 1.37. The molecule has 0 aliphatic carbocycles. The molecular formula is C8H14O3. The van der Waals surface area contributed by atoms with Crippen LogP contribution in [0.25, 0.3) is 0 Å². The Morgan fingerprint density at radius 2 is 1.64 bits per heavy atom. The molecule has 0 N–H and O–H groups in total. The van der Waals surface area contributed by atoms with Crippen LogP contribution in [0.5, 0.6) is 0 Å². The number of carbonyl (C=O) groups excluding carboxylic acids is 2. The van der Waals surface area contributed by atoms with Crippen molar-refractivity contribution in [1.82, 2.24) is 0 Å². The lowest BCUT2D eigenvalue weighted by molar-refractivity contribution is -0.161. The van der Waals surface area contributed by atoms with Gasteiger partial charge in [0, 0.05) is 6.92 Å². The second-order valence-corrected chi connectivity index (χ2v) is 2.95. The molecule has 0 aromatic carbocycles. The summed E-state index contributed by atoms with van der Waals surface area (Å²) in [6, 6.07) is 0. The Kier molecular flexibility index (Phi) is 3.79. The van der Waals surface area contributed by atoms with E-state index >= 15 is 0 Å². The van der Waals surface area contributed by atoms with Gasteiger partial charge in [-0.25, -0.2) is 0 Å². The molecule has 0 saturated heterocycles. The van der Waals surface area contributed by atoms with E-state index in [1.807, 2.05) is 13.8 Å². The van der Waals surface area contributed by atoms with E-state index in [0.29, 0.717) is 0 Å². The molecule has 0 aromatic heterocycles. The molecule has 0 fully saturated rings. The molecule has 0 saturated carbocycles. The second-order valence-electron chi connectivity index (χ2n) is 2.95. The number of hydrogen-bond donors (Lipinski definition) is 0. The third-order valence-corrected chi connectivity index (χ3v) is 1.62. The highest BCUT2D eigenvalue weighted by molar-refractivity contribution is 5.85. The number of esters is 2. The quantitative estimate of drug-likeness (QED) is 0.450. The normalized spacial score (nSPS) is 12.8. The van der Waals surface area contributed by atoms with Crippen molar-refractivity contribution in [3.8, 4) is 0 Å². The topological polar surface area (TPSA) is 43.4 Å². The average molecular weight is 158 g/mol. The van der Waals surface area contributed by atoms with Crippen LogP contribution in [0.1, 0.15) is 27.7 Å². The number of ether oxygens (including phenoxy) is 1. The summed E-state index contributed by atoms with van der Waals surface area (Å²) in [6.45, 7) is 6.79. The van der Waals surface area contributed by atoms with Crippen molar-refractivity contribution in [2.24, 2.45) is 11.8 Å². The van der Waals surface area contributed by atoms with Gasteiger partial charge in [0.1, 0.15) is 0 Å². The number of carbonyl (C=O) groups is 2. The maximum absolute atomic E-state index is 11.0. The molecule has 0 amide bonds. The van der Waals surface area contributed by atoms with Gasteiger partial charge in [0.05, 0.1) is 5.92 Å². The number of hydrogen-bond acceptors (Lipinski definition) is 3. The fraction of sp³-hybridized carbons (Fsp3) is 0.750. The maximum atomic E-state index is 11.0. The van der Waals surface area contributed by atoms with Crippen molar-refractivity contribution in [1.29, 1.82) is 0 Å². The van der Waals surface area contributed by atoms with Crippen molar-refractivity contribution < 1.29 is 14.3 Å². The molecule has 3 heteroatoms. The Morgan fingerprint density at radius 3 is 1.91 bits per heavy atom. The molecule has 1 unspecified atom stereocenters. The highest BCUT2D eigenvalue weighted by atomic mass is 16.6. The van der Waals surface area contributed by atoms with E-state index in [0.717, 1.165) is 0 Å². The molecule has 0 radical (unpaired) electrons. The fourth-order valence-corrected chi connectivity index (χ4v) is 0.507. The molecule has 1 atom stereocenters. The summed E-state index contributed by atoms with van der Waals surface area (Å²) in [5.74, 6) is -0.976. The first-order chi connectivity index (χ1) is 4.95. The fourth-order valence-electron chi connectivity index (χ4n) is 0.507. The average Bonchev–Trinajstić information content (AvgIpc) is 1.84. The van der Waals surface area contributed by atoms with Gasteiger partial charge in [0.25, 0.3) is 0 Å². The monoisotopic (exact) mass is 158 g/mol. The molecule has 0 aliphatic rings. The van der Waals surface area contributed by atoms with Gasteiger partial charge in [-0.15, -0.1) is 0 Å². The third-order valence-electron chi connectivity index (χ3n) is 1.62. The van der Waals surface area contributed by atoms with E-state index in [-0.39, 0.29) is 11.8 Å². The molecule has 0 spiro atoms. The zero-order valence-electron chi connectivity index (χ0n) is 7.38. The minimum atomic E-state index is -0.539. The summed E-state index contributed by atoms with van der Waals surface area (Å²) in [5.41, 5.74) is 0. The predicted molar refractivity (Wildman–Crippen MR) is 40.8 cm³/mol. The van der Waals surface area contributed by atoms with E-state index in [4.69, 9.17) is 0 Å². The van der Waals surface area contributed by atoms with Crippen molar-refractivity contribution in [3.05, 3.63) is 0 Å². The van der Waals surface area contributed by atoms with Gasteiger partial charge in [-0.05, 0) is 5.92 Å². The summed E-state index contributed by atoms with van der Waals surface area (Å²) in [5, 5.41) is 0. The Morgan fingerprint density at radius 1 is 1.18 bits per heavy atom. The van der Waals surface area contributed by atoms with Crippen molar-refractivity contribution >= 4 is 11.9 Å². The minimum absolute atomic E-state index is 0.209. The van der Waals surface area contributed by atoms with Crippen LogP contribution in [-0.2, 0) is 14.3 Å². The van der Waals surface area contributed by atoms with Crippen molar-refractivity contribution in [3.63, 3.8) is 0 Å². The Labute approximate surface area is 66.7 Å². The lowest BCUT2D eigenvalue weighted by atomic mass is 9.99. The van der Waals surface area contributed by atoms with E-state index in [1.54, 1.807) is 6.92 Å². The highest BCUT2D eigenvalue weighted by Crippen LogP contribution is 2.10. The van der Waals surface area contributed by atoms with E-state index in [2.05, 4.69) is 4.74 Å². The largest absolute Gasteiger partial charge is 0.393 e. The summed E-state index contributed by atoms with van der Waals surface area (Å²) in [6.07, 6.45) is 0. The van der Waals surface area contributed by atoms with Crippen LogP contribution in [0.4, 0.5) is 0 Å². The summed E-state index contributed by atoms with van der Waals surface area (Å²) < 4.78 is 4.40. The molecule has 0 rings (SSSR count). The first kappa shape index (κ1) is 10.1. The first-order valence-corrected chi connectivity index (χ1v) is 3.67. The summed E-state index contributed by atoms with van der Waals surface area (Å²) in [4.78, 5) is 21.3. The minimum Gasteiger partial charge on any atom is -0.393 e. The molecule has 0 aromatic rings. The van der Waals surface area contributed by atoms with E-state index < -0.39 is 11.9 Å².